The van der Waals surface area contributed by atoms with Gasteiger partial charge in [-0.25, -0.2) is 0 Å². The minimum Gasteiger partial charge on any atom is -0.493 e. The quantitative estimate of drug-likeness (QED) is 0.876. The molecule has 2 aliphatic rings. The summed E-state index contributed by atoms with van der Waals surface area (Å²) in [6.07, 6.45) is 3.45. The van der Waals surface area contributed by atoms with E-state index in [1.54, 1.807) is 7.11 Å². The number of likely N-dealkylation sites (tertiary alicyclic amines) is 1. The normalized spacial score (nSPS) is 23.2. The fourth-order valence-electron chi connectivity index (χ4n) is 4.53. The molecule has 0 spiro atoms. The van der Waals surface area contributed by atoms with E-state index in [0.29, 0.717) is 12.0 Å². The Kier molecular flexibility index (Phi) is 5.37. The van der Waals surface area contributed by atoms with Crippen LogP contribution in [0.1, 0.15) is 35.6 Å². The Morgan fingerprint density at radius 3 is 2.59 bits per heavy atom. The molecule has 4 heteroatoms. The first-order valence-corrected chi connectivity index (χ1v) is 10.0. The third kappa shape index (κ3) is 3.69. The van der Waals surface area contributed by atoms with Crippen LogP contribution in [-0.2, 0) is 6.42 Å². The lowest BCUT2D eigenvalue weighted by molar-refractivity contribution is 0.0524. The van der Waals surface area contributed by atoms with E-state index in [9.17, 15) is 0 Å². The highest BCUT2D eigenvalue weighted by atomic mass is 16.5. The summed E-state index contributed by atoms with van der Waals surface area (Å²) in [5.41, 5.74) is 9.78. The Morgan fingerprint density at radius 2 is 1.85 bits per heavy atom. The number of methoxy groups -OCH3 is 1. The summed E-state index contributed by atoms with van der Waals surface area (Å²) in [4.78, 5) is 2.61. The molecule has 1 aliphatic carbocycles. The van der Waals surface area contributed by atoms with Gasteiger partial charge in [-0.2, -0.15) is 0 Å². The number of piperidine rings is 1. The molecular formula is C23H30N2O2. The molecule has 1 fully saturated rings. The molecule has 0 radical (unpaired) electrons. The van der Waals surface area contributed by atoms with Crippen molar-refractivity contribution in [3.05, 3.63) is 59.2 Å². The molecule has 2 atom stereocenters. The third-order valence-corrected chi connectivity index (χ3v) is 6.16. The van der Waals surface area contributed by atoms with Gasteiger partial charge in [0, 0.05) is 0 Å². The molecule has 0 amide bonds. The fourth-order valence-corrected chi connectivity index (χ4v) is 4.53. The second-order valence-electron chi connectivity index (χ2n) is 7.88. The minimum atomic E-state index is 0.0336. The Bertz CT molecular complexity index is 784. The number of hydrogen-bond donors (Lipinski definition) is 1. The van der Waals surface area contributed by atoms with Crippen molar-refractivity contribution in [3.63, 3.8) is 0 Å². The summed E-state index contributed by atoms with van der Waals surface area (Å²) in [5, 5.41) is 0. The van der Waals surface area contributed by atoms with Gasteiger partial charge in [-0.3, -0.25) is 4.90 Å². The van der Waals surface area contributed by atoms with Gasteiger partial charge in [-0.1, -0.05) is 30.3 Å². The Morgan fingerprint density at radius 1 is 1.07 bits per heavy atom. The van der Waals surface area contributed by atoms with Crippen molar-refractivity contribution < 1.29 is 9.47 Å². The number of fused-ring (bicyclic) bond motifs is 1. The van der Waals surface area contributed by atoms with Crippen molar-refractivity contribution in [2.24, 2.45) is 11.7 Å². The van der Waals surface area contributed by atoms with Gasteiger partial charge in [0.1, 0.15) is 6.10 Å². The number of ether oxygens (including phenoxy) is 2. The van der Waals surface area contributed by atoms with Gasteiger partial charge in [-0.05, 0) is 80.6 Å². The molecule has 4 rings (SSSR count). The second-order valence-corrected chi connectivity index (χ2v) is 7.88. The molecule has 0 saturated carbocycles. The Balaban J connectivity index is 1.62. The van der Waals surface area contributed by atoms with E-state index >= 15 is 0 Å². The standard InChI is InChI=1S/C23H30N2O2/c1-16-7-8-21(26-2)22(13-16)27-23-19-6-4-3-5-18(19)14-20(23)25-11-9-17(15-24)10-12-25/h3-8,13,17,20,23H,9-12,14-15,24H2,1-2H3/t20-,23-/m1/s1. The number of aryl methyl sites for hydroxylation is 1. The van der Waals surface area contributed by atoms with Gasteiger partial charge >= 0.3 is 0 Å². The summed E-state index contributed by atoms with van der Waals surface area (Å²) in [7, 11) is 1.70. The zero-order chi connectivity index (χ0) is 18.8. The number of rotatable bonds is 5. The molecular weight excluding hydrogens is 336 g/mol. The van der Waals surface area contributed by atoms with Crippen LogP contribution in [0.2, 0.25) is 0 Å². The van der Waals surface area contributed by atoms with Crippen molar-refractivity contribution in [2.75, 3.05) is 26.7 Å². The first-order chi connectivity index (χ1) is 13.2. The van der Waals surface area contributed by atoms with Crippen molar-refractivity contribution in [3.8, 4) is 11.5 Å². The molecule has 2 N–H and O–H groups in total. The fraction of sp³-hybridized carbons (Fsp3) is 0.478. The molecule has 0 bridgehead atoms. The van der Waals surface area contributed by atoms with E-state index < -0.39 is 0 Å². The molecule has 144 valence electrons. The van der Waals surface area contributed by atoms with Crippen LogP contribution >= 0.6 is 0 Å². The van der Waals surface area contributed by atoms with E-state index in [1.165, 1.54) is 29.5 Å². The highest BCUT2D eigenvalue weighted by molar-refractivity contribution is 5.44. The Hall–Kier alpha value is -2.04. The van der Waals surface area contributed by atoms with E-state index in [2.05, 4.69) is 48.2 Å². The van der Waals surface area contributed by atoms with Crippen molar-refractivity contribution in [1.29, 1.82) is 0 Å². The van der Waals surface area contributed by atoms with Crippen LogP contribution in [0.3, 0.4) is 0 Å². The summed E-state index contributed by atoms with van der Waals surface area (Å²) in [6, 6.07) is 15.2. The van der Waals surface area contributed by atoms with Gasteiger partial charge < -0.3 is 15.2 Å². The second kappa shape index (κ2) is 7.91. The van der Waals surface area contributed by atoms with E-state index in [4.69, 9.17) is 15.2 Å². The van der Waals surface area contributed by atoms with Crippen LogP contribution in [0.15, 0.2) is 42.5 Å². The van der Waals surface area contributed by atoms with Crippen LogP contribution in [0.5, 0.6) is 11.5 Å². The van der Waals surface area contributed by atoms with E-state index in [-0.39, 0.29) is 6.10 Å². The maximum atomic E-state index is 6.63. The van der Waals surface area contributed by atoms with Crippen LogP contribution in [0.25, 0.3) is 0 Å². The lowest BCUT2D eigenvalue weighted by Crippen LogP contribution is -2.45. The van der Waals surface area contributed by atoms with Gasteiger partial charge in [-0.15, -0.1) is 0 Å². The lowest BCUT2D eigenvalue weighted by Gasteiger charge is -2.38. The SMILES string of the molecule is COc1ccc(C)cc1O[C@@H]1c2ccccc2C[C@H]1N1CCC(CN)CC1. The average Bonchev–Trinajstić information content (AvgIpc) is 3.07. The molecule has 27 heavy (non-hydrogen) atoms. The monoisotopic (exact) mass is 366 g/mol. The third-order valence-electron chi connectivity index (χ3n) is 6.16. The van der Waals surface area contributed by atoms with Crippen LogP contribution in [0.4, 0.5) is 0 Å². The van der Waals surface area contributed by atoms with Crippen LogP contribution in [-0.4, -0.2) is 37.7 Å². The highest BCUT2D eigenvalue weighted by Gasteiger charge is 2.39. The Labute approximate surface area is 162 Å². The average molecular weight is 367 g/mol. The minimum absolute atomic E-state index is 0.0336. The maximum absolute atomic E-state index is 6.63. The van der Waals surface area contributed by atoms with Gasteiger partial charge in [0.05, 0.1) is 13.2 Å². The maximum Gasteiger partial charge on any atom is 0.162 e. The zero-order valence-electron chi connectivity index (χ0n) is 16.4. The molecule has 0 unspecified atom stereocenters. The zero-order valence-corrected chi connectivity index (χ0v) is 16.4. The molecule has 2 aromatic carbocycles. The van der Waals surface area contributed by atoms with Crippen LogP contribution < -0.4 is 15.2 Å². The van der Waals surface area contributed by atoms with Gasteiger partial charge in [0.25, 0.3) is 0 Å². The smallest absolute Gasteiger partial charge is 0.162 e. The predicted molar refractivity (Wildman–Crippen MR) is 108 cm³/mol. The number of hydrogen-bond acceptors (Lipinski definition) is 4. The van der Waals surface area contributed by atoms with Gasteiger partial charge in [0.15, 0.2) is 11.5 Å². The molecule has 4 nitrogen and oxygen atoms in total. The largest absolute Gasteiger partial charge is 0.493 e. The molecule has 1 heterocycles. The molecule has 1 saturated heterocycles. The summed E-state index contributed by atoms with van der Waals surface area (Å²) in [5.74, 6) is 2.30. The summed E-state index contributed by atoms with van der Waals surface area (Å²) < 4.78 is 12.2. The molecule has 0 aromatic heterocycles. The highest BCUT2D eigenvalue weighted by Crippen LogP contribution is 2.41. The summed E-state index contributed by atoms with van der Waals surface area (Å²) >= 11 is 0. The predicted octanol–water partition coefficient (Wildman–Crippen LogP) is 3.72. The first-order valence-electron chi connectivity index (χ1n) is 10.0. The van der Waals surface area contributed by atoms with E-state index in [0.717, 1.165) is 37.6 Å². The number of nitrogens with two attached hydrogens (primary N) is 1. The van der Waals surface area contributed by atoms with Crippen molar-refractivity contribution in [1.82, 2.24) is 4.90 Å². The van der Waals surface area contributed by atoms with Crippen LogP contribution in [0, 0.1) is 12.8 Å². The number of nitrogens with zero attached hydrogens (tertiary/aromatic N) is 1. The summed E-state index contributed by atoms with van der Waals surface area (Å²) in [6.45, 7) is 5.10. The molecule has 2 aromatic rings. The topological polar surface area (TPSA) is 47.7 Å². The van der Waals surface area contributed by atoms with Gasteiger partial charge in [0.2, 0.25) is 0 Å². The lowest BCUT2D eigenvalue weighted by atomic mass is 9.95. The first kappa shape index (κ1) is 18.3. The number of benzene rings is 2. The molecule has 1 aliphatic heterocycles. The van der Waals surface area contributed by atoms with Crippen molar-refractivity contribution in [2.45, 2.75) is 38.3 Å². The van der Waals surface area contributed by atoms with Crippen molar-refractivity contribution >= 4 is 0 Å². The van der Waals surface area contributed by atoms with E-state index in [1.807, 2.05) is 6.07 Å².